The number of carbonyl (C=O) groups is 3. The number of aromatic nitrogens is 2. The quantitative estimate of drug-likeness (QED) is 0.159. The molecule has 1 fully saturated rings. The highest BCUT2D eigenvalue weighted by atomic mass is 16.5. The average Bonchev–Trinajstić information content (AvgIpc) is 3.96. The Kier molecular flexibility index (Phi) is 12.3. The Morgan fingerprint density at radius 2 is 1.81 bits per heavy atom. The average molecular weight is 775 g/mol. The van der Waals surface area contributed by atoms with Crippen molar-refractivity contribution in [3.05, 3.63) is 101 Å². The Balaban J connectivity index is 1.37. The summed E-state index contributed by atoms with van der Waals surface area (Å²) in [6, 6.07) is 11.0. The molecule has 7 rings (SSSR count). The second kappa shape index (κ2) is 17.5. The van der Waals surface area contributed by atoms with Gasteiger partial charge in [-0.05, 0) is 103 Å². The lowest BCUT2D eigenvalue weighted by Gasteiger charge is -2.36. The van der Waals surface area contributed by atoms with Crippen molar-refractivity contribution >= 4 is 34.0 Å². The summed E-state index contributed by atoms with van der Waals surface area (Å²) < 4.78 is 13.4. The van der Waals surface area contributed by atoms with Crippen LogP contribution in [0, 0.1) is 11.3 Å². The van der Waals surface area contributed by atoms with E-state index in [9.17, 15) is 19.5 Å². The van der Waals surface area contributed by atoms with Gasteiger partial charge in [-0.25, -0.2) is 0 Å². The van der Waals surface area contributed by atoms with Crippen molar-refractivity contribution in [3.63, 3.8) is 0 Å². The Hall–Kier alpha value is -5.25. The van der Waals surface area contributed by atoms with Crippen molar-refractivity contribution in [1.82, 2.24) is 14.9 Å². The topological polar surface area (TPSA) is 126 Å². The van der Waals surface area contributed by atoms with E-state index in [2.05, 4.69) is 75.8 Å². The molecule has 0 radical (unpaired) electrons. The van der Waals surface area contributed by atoms with Crippen LogP contribution >= 0.6 is 0 Å². The van der Waals surface area contributed by atoms with Crippen LogP contribution in [0.1, 0.15) is 108 Å². The molecule has 10 nitrogen and oxygen atoms in total. The fourth-order valence-corrected chi connectivity index (χ4v) is 9.53. The van der Waals surface area contributed by atoms with Gasteiger partial charge in [-0.2, -0.15) is 0 Å². The summed E-state index contributed by atoms with van der Waals surface area (Å²) >= 11 is 0. The summed E-state index contributed by atoms with van der Waals surface area (Å²) in [6.45, 7) is 6.48. The summed E-state index contributed by atoms with van der Waals surface area (Å²) in [5, 5.41) is 16.2. The van der Waals surface area contributed by atoms with Crippen molar-refractivity contribution in [2.75, 3.05) is 25.1 Å². The number of anilines is 1. The number of ether oxygens (including phenoxy) is 2. The number of aromatic hydroxyl groups is 1. The first kappa shape index (κ1) is 40.0. The van der Waals surface area contributed by atoms with Crippen LogP contribution in [-0.2, 0) is 32.0 Å². The van der Waals surface area contributed by atoms with Crippen LogP contribution in [0.25, 0.3) is 10.8 Å². The summed E-state index contributed by atoms with van der Waals surface area (Å²) in [5.74, 6) is 1.40. The van der Waals surface area contributed by atoms with Crippen LogP contribution in [0.4, 0.5) is 5.69 Å². The summed E-state index contributed by atoms with van der Waals surface area (Å²) in [4.78, 5) is 44.8. The minimum Gasteiger partial charge on any atom is -0.504 e. The van der Waals surface area contributed by atoms with Gasteiger partial charge in [0.05, 0.1) is 18.8 Å². The second-order valence-corrected chi connectivity index (χ2v) is 16.5. The maximum absolute atomic E-state index is 14.2. The van der Waals surface area contributed by atoms with Crippen LogP contribution in [0.5, 0.6) is 11.5 Å². The van der Waals surface area contributed by atoms with E-state index in [1.54, 1.807) is 19.1 Å². The molecule has 4 bridgehead atoms. The van der Waals surface area contributed by atoms with Crippen molar-refractivity contribution < 1.29 is 29.0 Å². The molecule has 57 heavy (non-hydrogen) atoms. The maximum atomic E-state index is 14.2. The number of methoxy groups -OCH3 is 1. The number of aromatic amines is 1. The summed E-state index contributed by atoms with van der Waals surface area (Å²) in [5.41, 5.74) is 5.84. The predicted octanol–water partition coefficient (Wildman–Crippen LogP) is 8.88. The lowest BCUT2D eigenvalue weighted by atomic mass is 9.72. The molecular weight excluding hydrogens is 717 g/mol. The molecular formula is C47H58N4O6. The van der Waals surface area contributed by atoms with Gasteiger partial charge in [-0.15, -0.1) is 0 Å². The number of esters is 1. The number of allylic oxidation sites excluding steroid dienone is 2. The number of nitrogens with one attached hydrogen (secondary N) is 2. The van der Waals surface area contributed by atoms with E-state index >= 15 is 0 Å². The molecule has 0 amide bonds. The standard InChI is InChI=1S/C47H58N4O6/c1-5-33-11-13-40(57-32(3)53)24-39(54)25-43(34-12-14-44(55)45(22-34)56-4)50-29-35-9-8-10-42(41(35)30-50)51(20-16-31(2)52)46-23-38(15-19-49-46)47(17-6-7-18-47)26-37-28-48-27-36(37)21-33/h8-10,12,14-15,22-23,27-30,33,40,43,48-49,55H,5-7,11,13,16-21,24-26H2,1-4H3/t33-,40-,43-/m1/s1. The zero-order valence-electron chi connectivity index (χ0n) is 33.9. The fraction of sp³-hybridized carbons (Fsp3) is 0.468. The van der Waals surface area contributed by atoms with E-state index in [0.29, 0.717) is 37.6 Å². The molecule has 1 saturated carbocycles. The van der Waals surface area contributed by atoms with Gasteiger partial charge in [0.2, 0.25) is 0 Å². The van der Waals surface area contributed by atoms with Crippen LogP contribution < -0.4 is 15.0 Å². The number of Topliss-reactive ketones (excluding diaryl/α,β-unsaturated/α-hetero) is 2. The Labute approximate surface area is 336 Å². The summed E-state index contributed by atoms with van der Waals surface area (Å²) in [7, 11) is 1.51. The van der Waals surface area contributed by atoms with Crippen LogP contribution in [-0.4, -0.2) is 58.5 Å². The fourth-order valence-electron chi connectivity index (χ4n) is 9.53. The van der Waals surface area contributed by atoms with Crippen LogP contribution in [0.3, 0.4) is 0 Å². The molecule has 3 aliphatic rings. The number of phenols is 1. The van der Waals surface area contributed by atoms with E-state index in [4.69, 9.17) is 9.47 Å². The van der Waals surface area contributed by atoms with Gasteiger partial charge in [-0.1, -0.05) is 50.5 Å². The van der Waals surface area contributed by atoms with Gasteiger partial charge in [0.1, 0.15) is 23.5 Å². The highest BCUT2D eigenvalue weighted by molar-refractivity contribution is 5.95. The van der Waals surface area contributed by atoms with E-state index in [-0.39, 0.29) is 41.5 Å². The third-order valence-corrected chi connectivity index (χ3v) is 12.6. The molecule has 2 aromatic carbocycles. The largest absolute Gasteiger partial charge is 0.504 e. The van der Waals surface area contributed by atoms with Crippen molar-refractivity contribution in [1.29, 1.82) is 0 Å². The monoisotopic (exact) mass is 774 g/mol. The number of rotatable bonds is 7. The number of ketones is 2. The highest BCUT2D eigenvalue weighted by Crippen LogP contribution is 2.49. The molecule has 302 valence electrons. The van der Waals surface area contributed by atoms with E-state index in [1.165, 1.54) is 43.6 Å². The number of benzene rings is 2. The molecule has 0 saturated heterocycles. The van der Waals surface area contributed by atoms with E-state index in [1.807, 2.05) is 12.1 Å². The normalized spacial score (nSPS) is 21.6. The van der Waals surface area contributed by atoms with Gasteiger partial charge in [0.25, 0.3) is 0 Å². The molecule has 3 atom stereocenters. The number of phenolic OH excluding ortho intramolecular Hbond substituents is 1. The van der Waals surface area contributed by atoms with Gasteiger partial charge >= 0.3 is 5.97 Å². The first-order valence-corrected chi connectivity index (χ1v) is 20.8. The number of hydrogen-bond donors (Lipinski definition) is 3. The lowest BCUT2D eigenvalue weighted by molar-refractivity contribution is -0.148. The van der Waals surface area contributed by atoms with Crippen molar-refractivity contribution in [3.8, 4) is 11.5 Å². The second-order valence-electron chi connectivity index (χ2n) is 16.5. The van der Waals surface area contributed by atoms with Crippen LogP contribution in [0.15, 0.2) is 84.7 Å². The van der Waals surface area contributed by atoms with Gasteiger partial charge in [0, 0.05) is 74.8 Å². The van der Waals surface area contributed by atoms with Gasteiger partial charge in [0.15, 0.2) is 11.5 Å². The molecule has 10 heteroatoms. The SMILES string of the molecule is CC[C@@H]1CC[C@@H](OC(C)=O)CC(=O)C[C@H](c2ccc(O)c(OC)c2)n2cc3cccc(c3c2)N(CCC(C)=O)C2=CC(=CCN2)C2(CCCC2)Cc2c[nH]cc2C1. The Morgan fingerprint density at radius 3 is 2.56 bits per heavy atom. The first-order valence-electron chi connectivity index (χ1n) is 20.8. The zero-order chi connectivity index (χ0) is 40.1. The molecule has 2 aliphatic heterocycles. The van der Waals surface area contributed by atoms with E-state index < -0.39 is 12.1 Å². The molecule has 0 unspecified atom stereocenters. The molecule has 4 aromatic rings. The van der Waals surface area contributed by atoms with Crippen LogP contribution in [0.2, 0.25) is 0 Å². The number of dihydropyridines is 1. The number of fused-ring (bicyclic) bond motifs is 4. The molecule has 4 heterocycles. The zero-order valence-corrected chi connectivity index (χ0v) is 33.9. The minimum atomic E-state index is -0.530. The third kappa shape index (κ3) is 9.00. The number of H-pyrrole nitrogens is 1. The number of nitrogens with zero attached hydrogens (tertiary/aromatic N) is 2. The molecule has 2 aromatic heterocycles. The third-order valence-electron chi connectivity index (χ3n) is 12.6. The lowest BCUT2D eigenvalue weighted by Crippen LogP contribution is -2.37. The molecule has 1 spiro atoms. The molecule has 1 aliphatic carbocycles. The first-order chi connectivity index (χ1) is 27.6. The minimum absolute atomic E-state index is 0.00548. The van der Waals surface area contributed by atoms with Crippen molar-refractivity contribution in [2.24, 2.45) is 11.3 Å². The maximum Gasteiger partial charge on any atom is 0.302 e. The number of carbonyl (C=O) groups excluding carboxylic acids is 3. The van der Waals surface area contributed by atoms with Gasteiger partial charge < -0.3 is 34.3 Å². The smallest absolute Gasteiger partial charge is 0.302 e. The predicted molar refractivity (Wildman–Crippen MR) is 223 cm³/mol. The van der Waals surface area contributed by atoms with Gasteiger partial charge in [-0.3, -0.25) is 14.4 Å². The Morgan fingerprint density at radius 1 is 1.00 bits per heavy atom. The Bertz CT molecular complexity index is 2150. The number of hydrogen-bond acceptors (Lipinski definition) is 8. The van der Waals surface area contributed by atoms with Crippen molar-refractivity contribution in [2.45, 2.75) is 110 Å². The summed E-state index contributed by atoms with van der Waals surface area (Å²) in [6.07, 6.45) is 22.2. The highest BCUT2D eigenvalue weighted by Gasteiger charge is 2.39. The van der Waals surface area contributed by atoms with E-state index in [0.717, 1.165) is 66.4 Å². The molecule has 3 N–H and O–H groups in total.